The average Bonchev–Trinajstić information content (AvgIpc) is 2.72. The minimum Gasteiger partial charge on any atom is -0.353 e. The quantitative estimate of drug-likeness (QED) is 0.778. The summed E-state index contributed by atoms with van der Waals surface area (Å²) in [5.74, 6) is 0. The minimum absolute atomic E-state index is 0.221. The Morgan fingerprint density at radius 2 is 2.14 bits per heavy atom. The molecule has 0 aromatic heterocycles. The highest BCUT2D eigenvalue weighted by Gasteiger charge is 2.14. The van der Waals surface area contributed by atoms with Gasteiger partial charge in [0.2, 0.25) is 0 Å². The summed E-state index contributed by atoms with van der Waals surface area (Å²) in [6.45, 7) is 2.90. The van der Waals surface area contributed by atoms with E-state index in [2.05, 4.69) is 17.4 Å². The smallest absolute Gasteiger partial charge is 0.147 e. The molecule has 3 heteroatoms. The Morgan fingerprint density at radius 3 is 2.86 bits per heavy atom. The van der Waals surface area contributed by atoms with Crippen LogP contribution in [0, 0.1) is 0 Å². The van der Waals surface area contributed by atoms with Gasteiger partial charge in [-0.3, -0.25) is 0 Å². The third kappa shape index (κ3) is 2.80. The van der Waals surface area contributed by atoms with E-state index in [1.165, 1.54) is 5.56 Å². The first-order valence-electron chi connectivity index (χ1n) is 4.89. The molecule has 76 valence electrons. The van der Waals surface area contributed by atoms with Crippen LogP contribution in [0.3, 0.4) is 0 Å². The molecule has 0 saturated carbocycles. The molecule has 1 aliphatic rings. The number of benzene rings is 1. The first-order chi connectivity index (χ1) is 6.95. The molecule has 0 aliphatic carbocycles. The summed E-state index contributed by atoms with van der Waals surface area (Å²) < 4.78 is 10.4. The van der Waals surface area contributed by atoms with Crippen LogP contribution in [0.5, 0.6) is 0 Å². The lowest BCUT2D eigenvalue weighted by molar-refractivity contribution is 0.0469. The van der Waals surface area contributed by atoms with E-state index in [0.29, 0.717) is 13.4 Å². The maximum absolute atomic E-state index is 5.31. The van der Waals surface area contributed by atoms with Crippen molar-refractivity contribution in [2.24, 2.45) is 0 Å². The molecule has 1 unspecified atom stereocenters. The average molecular weight is 193 g/mol. The number of nitrogens with one attached hydrogen (secondary N) is 1. The molecule has 1 fully saturated rings. The van der Waals surface area contributed by atoms with Gasteiger partial charge in [0.05, 0.1) is 12.7 Å². The summed E-state index contributed by atoms with van der Waals surface area (Å²) >= 11 is 0. The van der Waals surface area contributed by atoms with Crippen molar-refractivity contribution in [1.82, 2.24) is 5.32 Å². The van der Waals surface area contributed by atoms with Gasteiger partial charge in [-0.1, -0.05) is 30.3 Å². The van der Waals surface area contributed by atoms with Gasteiger partial charge in [-0.05, 0) is 5.56 Å². The van der Waals surface area contributed by atoms with Gasteiger partial charge in [-0.15, -0.1) is 0 Å². The van der Waals surface area contributed by atoms with E-state index in [0.717, 1.165) is 13.1 Å². The van der Waals surface area contributed by atoms with Gasteiger partial charge >= 0.3 is 0 Å². The monoisotopic (exact) mass is 193 g/mol. The lowest BCUT2D eigenvalue weighted by Gasteiger charge is -2.08. The molecule has 1 atom stereocenters. The molecule has 1 aliphatic heterocycles. The molecule has 3 nitrogen and oxygen atoms in total. The molecule has 2 rings (SSSR count). The van der Waals surface area contributed by atoms with Crippen LogP contribution in [0.15, 0.2) is 30.3 Å². The zero-order valence-corrected chi connectivity index (χ0v) is 8.11. The zero-order chi connectivity index (χ0) is 9.64. The number of hydrogen-bond donors (Lipinski definition) is 1. The fraction of sp³-hybridized carbons (Fsp3) is 0.455. The van der Waals surface area contributed by atoms with Crippen molar-refractivity contribution in [3.05, 3.63) is 35.9 Å². The van der Waals surface area contributed by atoms with Gasteiger partial charge in [0, 0.05) is 13.1 Å². The van der Waals surface area contributed by atoms with Crippen LogP contribution in [0.1, 0.15) is 5.56 Å². The number of hydrogen-bond acceptors (Lipinski definition) is 3. The molecule has 1 saturated heterocycles. The summed E-state index contributed by atoms with van der Waals surface area (Å²) in [5.41, 5.74) is 1.30. The van der Waals surface area contributed by atoms with Gasteiger partial charge in [0.1, 0.15) is 6.79 Å². The van der Waals surface area contributed by atoms with E-state index in [1.54, 1.807) is 0 Å². The largest absolute Gasteiger partial charge is 0.353 e. The normalized spacial score (nSPS) is 21.3. The van der Waals surface area contributed by atoms with Crippen LogP contribution >= 0.6 is 0 Å². The summed E-state index contributed by atoms with van der Waals surface area (Å²) in [5, 5.41) is 3.34. The van der Waals surface area contributed by atoms with Crippen LogP contribution in [0.4, 0.5) is 0 Å². The van der Waals surface area contributed by atoms with Crippen molar-refractivity contribution in [3.8, 4) is 0 Å². The second-order valence-electron chi connectivity index (χ2n) is 3.39. The Morgan fingerprint density at radius 1 is 1.29 bits per heavy atom. The first kappa shape index (κ1) is 9.65. The molecular formula is C11H15NO2. The van der Waals surface area contributed by atoms with E-state index in [4.69, 9.17) is 9.47 Å². The molecular weight excluding hydrogens is 178 g/mol. The molecule has 0 amide bonds. The standard InChI is InChI=1S/C11H15NO2/c1-2-4-10(5-3-1)6-12-7-11-8-13-9-14-11/h1-5,11-12H,6-9H2. The Balaban J connectivity index is 1.67. The highest BCUT2D eigenvalue weighted by Crippen LogP contribution is 2.02. The number of ether oxygens (including phenoxy) is 2. The van der Waals surface area contributed by atoms with Crippen molar-refractivity contribution in [2.45, 2.75) is 12.6 Å². The van der Waals surface area contributed by atoms with E-state index in [9.17, 15) is 0 Å². The highest BCUT2D eigenvalue weighted by molar-refractivity contribution is 5.14. The highest BCUT2D eigenvalue weighted by atomic mass is 16.7. The molecule has 0 spiro atoms. The molecule has 0 bridgehead atoms. The fourth-order valence-electron chi connectivity index (χ4n) is 1.46. The number of rotatable bonds is 4. The predicted molar refractivity (Wildman–Crippen MR) is 53.8 cm³/mol. The molecule has 1 aromatic rings. The van der Waals surface area contributed by atoms with E-state index in [-0.39, 0.29) is 6.10 Å². The first-order valence-corrected chi connectivity index (χ1v) is 4.89. The second-order valence-corrected chi connectivity index (χ2v) is 3.39. The Hall–Kier alpha value is -0.900. The lowest BCUT2D eigenvalue weighted by atomic mass is 10.2. The maximum atomic E-state index is 5.31. The molecule has 1 N–H and O–H groups in total. The summed E-state index contributed by atoms with van der Waals surface area (Å²) in [6.07, 6.45) is 0.221. The second kappa shape index (κ2) is 5.10. The molecule has 1 aromatic carbocycles. The van der Waals surface area contributed by atoms with Crippen molar-refractivity contribution in [2.75, 3.05) is 19.9 Å². The third-order valence-electron chi connectivity index (χ3n) is 2.23. The Labute approximate surface area is 84.0 Å². The summed E-state index contributed by atoms with van der Waals surface area (Å²) in [4.78, 5) is 0. The van der Waals surface area contributed by atoms with E-state index < -0.39 is 0 Å². The van der Waals surface area contributed by atoms with Gasteiger partial charge < -0.3 is 14.8 Å². The molecule has 14 heavy (non-hydrogen) atoms. The SMILES string of the molecule is c1ccc(CNCC2COCO2)cc1. The van der Waals surface area contributed by atoms with Crippen LogP contribution in [0.2, 0.25) is 0 Å². The van der Waals surface area contributed by atoms with Crippen LogP contribution in [0.25, 0.3) is 0 Å². The van der Waals surface area contributed by atoms with Crippen molar-refractivity contribution in [3.63, 3.8) is 0 Å². The Kier molecular flexibility index (Phi) is 3.51. The van der Waals surface area contributed by atoms with Crippen LogP contribution < -0.4 is 5.32 Å². The van der Waals surface area contributed by atoms with Crippen LogP contribution in [-0.4, -0.2) is 26.0 Å². The minimum atomic E-state index is 0.221. The van der Waals surface area contributed by atoms with Gasteiger partial charge in [-0.2, -0.15) is 0 Å². The van der Waals surface area contributed by atoms with Gasteiger partial charge in [0.15, 0.2) is 0 Å². The predicted octanol–water partition coefficient (Wildman–Crippen LogP) is 1.15. The Bertz CT molecular complexity index is 257. The van der Waals surface area contributed by atoms with Crippen molar-refractivity contribution >= 4 is 0 Å². The zero-order valence-electron chi connectivity index (χ0n) is 8.11. The maximum Gasteiger partial charge on any atom is 0.147 e. The lowest BCUT2D eigenvalue weighted by Crippen LogP contribution is -2.27. The van der Waals surface area contributed by atoms with Gasteiger partial charge in [-0.25, -0.2) is 0 Å². The fourth-order valence-corrected chi connectivity index (χ4v) is 1.46. The summed E-state index contributed by atoms with van der Waals surface area (Å²) in [6, 6.07) is 10.3. The molecule has 1 heterocycles. The third-order valence-corrected chi connectivity index (χ3v) is 2.23. The molecule has 0 radical (unpaired) electrons. The van der Waals surface area contributed by atoms with E-state index >= 15 is 0 Å². The summed E-state index contributed by atoms with van der Waals surface area (Å²) in [7, 11) is 0. The van der Waals surface area contributed by atoms with Crippen molar-refractivity contribution in [1.29, 1.82) is 0 Å². The van der Waals surface area contributed by atoms with Gasteiger partial charge in [0.25, 0.3) is 0 Å². The topological polar surface area (TPSA) is 30.5 Å². The van der Waals surface area contributed by atoms with Crippen molar-refractivity contribution < 1.29 is 9.47 Å². The van der Waals surface area contributed by atoms with Crippen LogP contribution in [-0.2, 0) is 16.0 Å². The van der Waals surface area contributed by atoms with E-state index in [1.807, 2.05) is 18.2 Å².